The summed E-state index contributed by atoms with van der Waals surface area (Å²) in [6.07, 6.45) is 3.43. The van der Waals surface area contributed by atoms with E-state index in [2.05, 4.69) is 0 Å². The van der Waals surface area contributed by atoms with Gasteiger partial charge in [0.25, 0.3) is 0 Å². The first kappa shape index (κ1) is 13.9. The van der Waals surface area contributed by atoms with Crippen molar-refractivity contribution in [3.05, 3.63) is 29.8 Å². The van der Waals surface area contributed by atoms with Crippen molar-refractivity contribution in [2.45, 2.75) is 30.9 Å². The molecular weight excluding hydrogens is 262 g/mol. The van der Waals surface area contributed by atoms with Crippen LogP contribution in [0.5, 0.6) is 0 Å². The van der Waals surface area contributed by atoms with E-state index in [9.17, 15) is 8.42 Å². The number of nitrogens with one attached hydrogen (secondary N) is 1. The SMILES string of the molecule is CN(c1cccc(C(=N)N)c1)S(=O)(=O)C1CCCC1. The minimum atomic E-state index is -3.31. The molecule has 0 bridgehead atoms. The third kappa shape index (κ3) is 2.73. The highest BCUT2D eigenvalue weighted by molar-refractivity contribution is 7.93. The Labute approximate surface area is 114 Å². The first-order valence-corrected chi connectivity index (χ1v) is 7.85. The lowest BCUT2D eigenvalue weighted by Crippen LogP contribution is -2.34. The van der Waals surface area contributed by atoms with Crippen LogP contribution in [0.1, 0.15) is 31.2 Å². The van der Waals surface area contributed by atoms with Crippen molar-refractivity contribution in [1.29, 1.82) is 5.41 Å². The fraction of sp³-hybridized carbons (Fsp3) is 0.462. The van der Waals surface area contributed by atoms with Crippen molar-refractivity contribution >= 4 is 21.5 Å². The van der Waals surface area contributed by atoms with Gasteiger partial charge in [0, 0.05) is 12.6 Å². The van der Waals surface area contributed by atoms with Gasteiger partial charge in [0.15, 0.2) is 0 Å². The standard InChI is InChI=1S/C13H19N3O2S/c1-16(19(17,18)12-7-2-3-8-12)11-6-4-5-10(9-11)13(14)15/h4-6,9,12H,2-3,7-8H2,1H3,(H3,14,15). The summed E-state index contributed by atoms with van der Waals surface area (Å²) < 4.78 is 26.2. The number of rotatable bonds is 4. The van der Waals surface area contributed by atoms with Crippen molar-refractivity contribution in [3.63, 3.8) is 0 Å². The molecule has 0 aromatic heterocycles. The molecule has 3 N–H and O–H groups in total. The lowest BCUT2D eigenvalue weighted by atomic mass is 10.2. The molecule has 0 unspecified atom stereocenters. The average molecular weight is 281 g/mol. The van der Waals surface area contributed by atoms with Crippen LogP contribution in [0.4, 0.5) is 5.69 Å². The molecule has 0 aliphatic heterocycles. The van der Waals surface area contributed by atoms with Gasteiger partial charge in [-0.1, -0.05) is 25.0 Å². The summed E-state index contributed by atoms with van der Waals surface area (Å²) in [5.41, 5.74) is 6.52. The predicted octanol–water partition coefficient (Wildman–Crippen LogP) is 1.68. The van der Waals surface area contributed by atoms with Crippen molar-refractivity contribution in [1.82, 2.24) is 0 Å². The molecule has 1 aromatic rings. The van der Waals surface area contributed by atoms with E-state index < -0.39 is 10.0 Å². The maximum atomic E-state index is 12.5. The van der Waals surface area contributed by atoms with Crippen LogP contribution in [0.15, 0.2) is 24.3 Å². The van der Waals surface area contributed by atoms with Gasteiger partial charge in [0.2, 0.25) is 10.0 Å². The third-order valence-corrected chi connectivity index (χ3v) is 5.91. The number of nitrogen functional groups attached to an aromatic ring is 1. The summed E-state index contributed by atoms with van der Waals surface area (Å²) in [6, 6.07) is 6.77. The number of sulfonamides is 1. The van der Waals surface area contributed by atoms with Gasteiger partial charge in [-0.05, 0) is 25.0 Å². The highest BCUT2D eigenvalue weighted by Gasteiger charge is 2.32. The topological polar surface area (TPSA) is 87.2 Å². The molecule has 6 heteroatoms. The highest BCUT2D eigenvalue weighted by atomic mass is 32.2. The molecule has 19 heavy (non-hydrogen) atoms. The maximum Gasteiger partial charge on any atom is 0.237 e. The Kier molecular flexibility index (Phi) is 3.80. The largest absolute Gasteiger partial charge is 0.384 e. The molecule has 0 radical (unpaired) electrons. The van der Waals surface area contributed by atoms with Gasteiger partial charge in [0.05, 0.1) is 10.9 Å². The van der Waals surface area contributed by atoms with Crippen LogP contribution >= 0.6 is 0 Å². The normalized spacial score (nSPS) is 16.5. The summed E-state index contributed by atoms with van der Waals surface area (Å²) >= 11 is 0. The Morgan fingerprint density at radius 2 is 2.00 bits per heavy atom. The van der Waals surface area contributed by atoms with Crippen LogP contribution in [-0.4, -0.2) is 26.6 Å². The molecule has 2 rings (SSSR count). The Morgan fingerprint density at radius 3 is 2.58 bits per heavy atom. The number of benzene rings is 1. The van der Waals surface area contributed by atoms with Gasteiger partial charge in [-0.25, -0.2) is 8.42 Å². The highest BCUT2D eigenvalue weighted by Crippen LogP contribution is 2.29. The zero-order chi connectivity index (χ0) is 14.0. The van der Waals surface area contributed by atoms with Crippen LogP contribution in [0.25, 0.3) is 0 Å². The van der Waals surface area contributed by atoms with E-state index in [1.807, 2.05) is 0 Å². The second kappa shape index (κ2) is 5.21. The van der Waals surface area contributed by atoms with E-state index in [1.54, 1.807) is 31.3 Å². The molecule has 1 aliphatic carbocycles. The number of nitrogens with zero attached hydrogens (tertiary/aromatic N) is 1. The average Bonchev–Trinajstić information content (AvgIpc) is 2.92. The quantitative estimate of drug-likeness (QED) is 0.650. The van der Waals surface area contributed by atoms with Gasteiger partial charge in [0.1, 0.15) is 5.84 Å². The van der Waals surface area contributed by atoms with Gasteiger partial charge in [-0.2, -0.15) is 0 Å². The molecule has 1 aliphatic rings. The van der Waals surface area contributed by atoms with Gasteiger partial charge < -0.3 is 5.73 Å². The first-order valence-electron chi connectivity index (χ1n) is 6.35. The van der Waals surface area contributed by atoms with Gasteiger partial charge >= 0.3 is 0 Å². The van der Waals surface area contributed by atoms with E-state index in [4.69, 9.17) is 11.1 Å². The monoisotopic (exact) mass is 281 g/mol. The first-order chi connectivity index (χ1) is 8.93. The Balaban J connectivity index is 2.30. The van der Waals surface area contributed by atoms with E-state index in [0.29, 0.717) is 11.3 Å². The summed E-state index contributed by atoms with van der Waals surface area (Å²) in [7, 11) is -1.75. The number of hydrogen-bond acceptors (Lipinski definition) is 3. The molecule has 104 valence electrons. The van der Waals surface area contributed by atoms with E-state index >= 15 is 0 Å². The number of nitrogens with two attached hydrogens (primary N) is 1. The molecule has 0 saturated heterocycles. The molecule has 0 atom stereocenters. The molecular formula is C13H19N3O2S. The minimum absolute atomic E-state index is 0.0616. The van der Waals surface area contributed by atoms with Crippen LogP contribution < -0.4 is 10.0 Å². The van der Waals surface area contributed by atoms with E-state index in [0.717, 1.165) is 25.7 Å². The molecule has 0 amide bonds. The zero-order valence-corrected chi connectivity index (χ0v) is 11.8. The van der Waals surface area contributed by atoms with Gasteiger partial charge in [-0.3, -0.25) is 9.71 Å². The Bertz CT molecular complexity index is 577. The number of anilines is 1. The van der Waals surface area contributed by atoms with Crippen molar-refractivity contribution in [3.8, 4) is 0 Å². The Hall–Kier alpha value is -1.56. The molecule has 0 heterocycles. The van der Waals surface area contributed by atoms with Crippen LogP contribution in [0.2, 0.25) is 0 Å². The van der Waals surface area contributed by atoms with Crippen LogP contribution in [-0.2, 0) is 10.0 Å². The maximum absolute atomic E-state index is 12.5. The summed E-state index contributed by atoms with van der Waals surface area (Å²) in [5.74, 6) is -0.0616. The lowest BCUT2D eigenvalue weighted by molar-refractivity contribution is 0.578. The molecule has 5 nitrogen and oxygen atoms in total. The van der Waals surface area contributed by atoms with E-state index in [-0.39, 0.29) is 11.1 Å². The smallest absolute Gasteiger partial charge is 0.237 e. The fourth-order valence-electron chi connectivity index (χ4n) is 2.43. The van der Waals surface area contributed by atoms with Crippen molar-refractivity contribution < 1.29 is 8.42 Å². The van der Waals surface area contributed by atoms with Gasteiger partial charge in [-0.15, -0.1) is 0 Å². The lowest BCUT2D eigenvalue weighted by Gasteiger charge is -2.23. The summed E-state index contributed by atoms with van der Waals surface area (Å²) in [4.78, 5) is 0. The van der Waals surface area contributed by atoms with Crippen molar-refractivity contribution in [2.24, 2.45) is 5.73 Å². The molecule has 1 saturated carbocycles. The summed E-state index contributed by atoms with van der Waals surface area (Å²) in [6.45, 7) is 0. The third-order valence-electron chi connectivity index (χ3n) is 3.63. The minimum Gasteiger partial charge on any atom is -0.384 e. The van der Waals surface area contributed by atoms with Crippen LogP contribution in [0.3, 0.4) is 0 Å². The molecule has 0 spiro atoms. The molecule has 1 aromatic carbocycles. The Morgan fingerprint density at radius 1 is 1.37 bits per heavy atom. The molecule has 1 fully saturated rings. The fourth-order valence-corrected chi connectivity index (χ4v) is 4.21. The second-order valence-corrected chi connectivity index (χ2v) is 7.13. The zero-order valence-electron chi connectivity index (χ0n) is 11.0. The van der Waals surface area contributed by atoms with E-state index in [1.165, 1.54) is 4.31 Å². The second-order valence-electron chi connectivity index (χ2n) is 4.88. The number of hydrogen-bond donors (Lipinski definition) is 2. The van der Waals surface area contributed by atoms with Crippen molar-refractivity contribution in [2.75, 3.05) is 11.4 Å². The predicted molar refractivity (Wildman–Crippen MR) is 77.0 cm³/mol. The summed E-state index contributed by atoms with van der Waals surface area (Å²) in [5, 5.41) is 7.13. The number of amidine groups is 1. The van der Waals surface area contributed by atoms with Crippen LogP contribution in [0, 0.1) is 5.41 Å².